The van der Waals surface area contributed by atoms with E-state index in [4.69, 9.17) is 22.7 Å². The molecule has 16 heavy (non-hydrogen) atoms. The number of nitrogens with one attached hydrogen (secondary N) is 1. The van der Waals surface area contributed by atoms with Crippen molar-refractivity contribution in [2.45, 2.75) is 19.4 Å². The lowest BCUT2D eigenvalue weighted by Crippen LogP contribution is -2.22. The second-order valence-corrected chi connectivity index (χ2v) is 4.23. The lowest BCUT2D eigenvalue weighted by atomic mass is 10.3. The van der Waals surface area contributed by atoms with Crippen LogP contribution in [0.1, 0.15) is 17.8 Å². The minimum atomic E-state index is 0.279. The highest BCUT2D eigenvalue weighted by Crippen LogP contribution is 2.11. The number of nitrogens with two attached hydrogens (primary N) is 1. The molecule has 1 atom stereocenters. The summed E-state index contributed by atoms with van der Waals surface area (Å²) < 4.78 is 5.27. The first-order valence-corrected chi connectivity index (χ1v) is 5.56. The molecular weight excluding hydrogens is 224 g/mol. The van der Waals surface area contributed by atoms with Crippen molar-refractivity contribution in [3.05, 3.63) is 17.5 Å². The maximum atomic E-state index is 5.55. The Morgan fingerprint density at radius 1 is 1.62 bits per heavy atom. The van der Waals surface area contributed by atoms with Gasteiger partial charge in [-0.3, -0.25) is 0 Å². The third kappa shape index (κ3) is 2.65. The topological polar surface area (TPSA) is 73.1 Å². The van der Waals surface area contributed by atoms with Crippen LogP contribution >= 0.6 is 12.2 Å². The first-order chi connectivity index (χ1) is 7.65. The van der Waals surface area contributed by atoms with Crippen molar-refractivity contribution in [3.8, 4) is 0 Å². The van der Waals surface area contributed by atoms with Gasteiger partial charge in [0.15, 0.2) is 0 Å². The summed E-state index contributed by atoms with van der Waals surface area (Å²) in [7, 11) is 0. The third-order valence-corrected chi connectivity index (χ3v) is 2.58. The van der Waals surface area contributed by atoms with Crippen LogP contribution in [-0.4, -0.2) is 34.2 Å². The minimum Gasteiger partial charge on any atom is -0.388 e. The zero-order valence-electron chi connectivity index (χ0n) is 9.06. The summed E-state index contributed by atoms with van der Waals surface area (Å²) in [5.41, 5.74) is 7.00. The molecule has 0 aromatic carbocycles. The van der Waals surface area contributed by atoms with E-state index in [1.807, 2.05) is 6.92 Å². The van der Waals surface area contributed by atoms with E-state index in [2.05, 4.69) is 15.3 Å². The Bertz CT molecular complexity index is 404. The number of aryl methyl sites for hydroxylation is 1. The van der Waals surface area contributed by atoms with E-state index in [-0.39, 0.29) is 11.0 Å². The van der Waals surface area contributed by atoms with E-state index >= 15 is 0 Å². The maximum absolute atomic E-state index is 5.55. The molecule has 1 aromatic rings. The van der Waals surface area contributed by atoms with Crippen LogP contribution in [0.25, 0.3) is 0 Å². The van der Waals surface area contributed by atoms with Crippen LogP contribution in [0.15, 0.2) is 6.07 Å². The number of ether oxygens (including phenoxy) is 1. The largest absolute Gasteiger partial charge is 0.388 e. The van der Waals surface area contributed by atoms with Crippen LogP contribution < -0.4 is 11.1 Å². The molecule has 1 fully saturated rings. The van der Waals surface area contributed by atoms with Crippen LogP contribution in [0, 0.1) is 6.92 Å². The van der Waals surface area contributed by atoms with Crippen LogP contribution in [-0.2, 0) is 4.74 Å². The van der Waals surface area contributed by atoms with Gasteiger partial charge in [-0.15, -0.1) is 0 Å². The Labute approximate surface area is 99.4 Å². The van der Waals surface area contributed by atoms with Crippen LogP contribution in [0.2, 0.25) is 0 Å². The van der Waals surface area contributed by atoms with Crippen molar-refractivity contribution in [3.63, 3.8) is 0 Å². The Morgan fingerprint density at radius 3 is 3.06 bits per heavy atom. The number of hydrogen-bond acceptors (Lipinski definition) is 5. The minimum absolute atomic E-state index is 0.279. The lowest BCUT2D eigenvalue weighted by molar-refractivity contribution is 0.195. The zero-order valence-corrected chi connectivity index (χ0v) is 9.88. The van der Waals surface area contributed by atoms with E-state index in [0.29, 0.717) is 18.2 Å². The zero-order chi connectivity index (χ0) is 11.5. The van der Waals surface area contributed by atoms with E-state index in [1.54, 1.807) is 6.07 Å². The second-order valence-electron chi connectivity index (χ2n) is 3.79. The molecule has 86 valence electrons. The molecule has 2 heterocycles. The quantitative estimate of drug-likeness (QED) is 0.752. The van der Waals surface area contributed by atoms with Gasteiger partial charge in [0.2, 0.25) is 5.95 Å². The fourth-order valence-electron chi connectivity index (χ4n) is 1.59. The monoisotopic (exact) mass is 238 g/mol. The van der Waals surface area contributed by atoms with Gasteiger partial charge in [0, 0.05) is 12.3 Å². The average Bonchev–Trinajstić information content (AvgIpc) is 2.69. The Morgan fingerprint density at radius 2 is 2.44 bits per heavy atom. The van der Waals surface area contributed by atoms with Crippen LogP contribution in [0.4, 0.5) is 5.95 Å². The molecule has 6 heteroatoms. The molecule has 3 N–H and O–H groups in total. The number of aromatic nitrogens is 2. The van der Waals surface area contributed by atoms with Crippen molar-refractivity contribution < 1.29 is 4.74 Å². The lowest BCUT2D eigenvalue weighted by Gasteiger charge is -2.11. The smallest absolute Gasteiger partial charge is 0.223 e. The summed E-state index contributed by atoms with van der Waals surface area (Å²) in [4.78, 5) is 8.83. The summed E-state index contributed by atoms with van der Waals surface area (Å²) in [5, 5.41) is 3.21. The Kier molecular flexibility index (Phi) is 3.31. The highest BCUT2D eigenvalue weighted by Gasteiger charge is 2.16. The van der Waals surface area contributed by atoms with E-state index in [0.717, 1.165) is 18.7 Å². The standard InChI is InChI=1S/C10H14N4OS/c1-6-4-8(9(11)16)14-10(12-6)13-7-2-3-15-5-7/h4,7H,2-3,5H2,1H3,(H2,11,16)(H,12,13,14). The molecule has 2 rings (SSSR count). The van der Waals surface area contributed by atoms with Crippen molar-refractivity contribution in [2.24, 2.45) is 5.73 Å². The van der Waals surface area contributed by atoms with Gasteiger partial charge in [-0.1, -0.05) is 12.2 Å². The van der Waals surface area contributed by atoms with E-state index in [9.17, 15) is 0 Å². The van der Waals surface area contributed by atoms with Gasteiger partial charge in [0.05, 0.1) is 12.6 Å². The molecule has 0 saturated carbocycles. The summed E-state index contributed by atoms with van der Waals surface area (Å²) in [5.74, 6) is 0.568. The SMILES string of the molecule is Cc1cc(C(N)=S)nc(NC2CCOC2)n1. The second kappa shape index (κ2) is 4.71. The summed E-state index contributed by atoms with van der Waals surface area (Å²) >= 11 is 4.90. The van der Waals surface area contributed by atoms with Crippen molar-refractivity contribution in [1.82, 2.24) is 9.97 Å². The molecule has 0 spiro atoms. The summed E-state index contributed by atoms with van der Waals surface area (Å²) in [6.45, 7) is 3.37. The Balaban J connectivity index is 2.16. The fraction of sp³-hybridized carbons (Fsp3) is 0.500. The van der Waals surface area contributed by atoms with Gasteiger partial charge in [-0.2, -0.15) is 0 Å². The molecule has 1 aliphatic heterocycles. The molecule has 0 bridgehead atoms. The van der Waals surface area contributed by atoms with Crippen molar-refractivity contribution >= 4 is 23.2 Å². The summed E-state index contributed by atoms with van der Waals surface area (Å²) in [6, 6.07) is 2.06. The average molecular weight is 238 g/mol. The molecule has 1 aromatic heterocycles. The molecule has 0 radical (unpaired) electrons. The first-order valence-electron chi connectivity index (χ1n) is 5.15. The number of rotatable bonds is 3. The number of thiocarbonyl (C=S) groups is 1. The number of hydrogen-bond donors (Lipinski definition) is 2. The van der Waals surface area contributed by atoms with E-state index < -0.39 is 0 Å². The number of nitrogens with zero attached hydrogens (tertiary/aromatic N) is 2. The highest BCUT2D eigenvalue weighted by molar-refractivity contribution is 7.80. The number of anilines is 1. The van der Waals surface area contributed by atoms with Gasteiger partial charge in [-0.05, 0) is 19.4 Å². The predicted molar refractivity (Wildman–Crippen MR) is 65.5 cm³/mol. The molecule has 0 aliphatic carbocycles. The van der Waals surface area contributed by atoms with Crippen molar-refractivity contribution in [1.29, 1.82) is 0 Å². The molecule has 0 amide bonds. The molecular formula is C10H14N4OS. The van der Waals surface area contributed by atoms with Gasteiger partial charge in [0.25, 0.3) is 0 Å². The predicted octanol–water partition coefficient (Wildman–Crippen LogP) is 0.620. The molecule has 5 nitrogen and oxygen atoms in total. The summed E-state index contributed by atoms with van der Waals surface area (Å²) in [6.07, 6.45) is 0.972. The van der Waals surface area contributed by atoms with Crippen molar-refractivity contribution in [2.75, 3.05) is 18.5 Å². The molecule has 1 unspecified atom stereocenters. The molecule has 1 saturated heterocycles. The first kappa shape index (κ1) is 11.2. The van der Waals surface area contributed by atoms with Gasteiger partial charge in [-0.25, -0.2) is 9.97 Å². The van der Waals surface area contributed by atoms with Crippen LogP contribution in [0.5, 0.6) is 0 Å². The van der Waals surface area contributed by atoms with E-state index in [1.165, 1.54) is 0 Å². The fourth-order valence-corrected chi connectivity index (χ4v) is 1.69. The van der Waals surface area contributed by atoms with Gasteiger partial charge in [0.1, 0.15) is 10.7 Å². The molecule has 1 aliphatic rings. The van der Waals surface area contributed by atoms with Gasteiger partial charge >= 0.3 is 0 Å². The third-order valence-electron chi connectivity index (χ3n) is 2.37. The van der Waals surface area contributed by atoms with Crippen LogP contribution in [0.3, 0.4) is 0 Å². The normalized spacial score (nSPS) is 19.7. The highest BCUT2D eigenvalue weighted by atomic mass is 32.1. The van der Waals surface area contributed by atoms with Gasteiger partial charge < -0.3 is 15.8 Å². The Hall–Kier alpha value is -1.27. The maximum Gasteiger partial charge on any atom is 0.223 e.